The van der Waals surface area contributed by atoms with Gasteiger partial charge in [-0.25, -0.2) is 4.79 Å². The van der Waals surface area contributed by atoms with Crippen LogP contribution in [0, 0.1) is 0 Å². The SMILES string of the molecule is CO/C=C/C1CCCN1C(=O)OC(C)(C)C. The molecule has 92 valence electrons. The maximum Gasteiger partial charge on any atom is 0.410 e. The summed E-state index contributed by atoms with van der Waals surface area (Å²) in [6, 6.07) is 0.106. The zero-order valence-electron chi connectivity index (χ0n) is 10.5. The molecule has 1 unspecified atom stereocenters. The fourth-order valence-electron chi connectivity index (χ4n) is 1.71. The molecule has 1 heterocycles. The summed E-state index contributed by atoms with van der Waals surface area (Å²) in [5, 5.41) is 0. The maximum atomic E-state index is 11.9. The molecule has 1 amide bonds. The van der Waals surface area contributed by atoms with Crippen LogP contribution in [0.25, 0.3) is 0 Å². The smallest absolute Gasteiger partial charge is 0.410 e. The van der Waals surface area contributed by atoms with Crippen molar-refractivity contribution in [1.82, 2.24) is 4.90 Å². The third-order valence-corrected chi connectivity index (χ3v) is 2.36. The van der Waals surface area contributed by atoms with E-state index in [9.17, 15) is 4.79 Å². The lowest BCUT2D eigenvalue weighted by Gasteiger charge is -2.27. The zero-order chi connectivity index (χ0) is 12.2. The maximum absolute atomic E-state index is 11.9. The first-order valence-corrected chi connectivity index (χ1v) is 5.63. The highest BCUT2D eigenvalue weighted by molar-refractivity contribution is 5.69. The van der Waals surface area contributed by atoms with Crippen LogP contribution in [0.1, 0.15) is 33.6 Å². The van der Waals surface area contributed by atoms with Gasteiger partial charge in [0.25, 0.3) is 0 Å². The molecular weight excluding hydrogens is 206 g/mol. The Morgan fingerprint density at radius 1 is 1.44 bits per heavy atom. The van der Waals surface area contributed by atoms with Gasteiger partial charge in [-0.3, -0.25) is 0 Å². The van der Waals surface area contributed by atoms with Gasteiger partial charge in [0.05, 0.1) is 19.4 Å². The average molecular weight is 227 g/mol. The Kier molecular flexibility index (Phi) is 4.21. The van der Waals surface area contributed by atoms with Crippen LogP contribution < -0.4 is 0 Å². The molecule has 4 nitrogen and oxygen atoms in total. The molecule has 1 aliphatic heterocycles. The second-order valence-electron chi connectivity index (χ2n) is 4.95. The van der Waals surface area contributed by atoms with Crippen LogP contribution in [0.2, 0.25) is 0 Å². The minimum Gasteiger partial charge on any atom is -0.505 e. The summed E-state index contributed by atoms with van der Waals surface area (Å²) in [7, 11) is 1.60. The van der Waals surface area contributed by atoms with Gasteiger partial charge in [-0.2, -0.15) is 0 Å². The molecule has 0 aromatic heterocycles. The van der Waals surface area contributed by atoms with Crippen LogP contribution in [-0.4, -0.2) is 36.3 Å². The summed E-state index contributed by atoms with van der Waals surface area (Å²) in [6.45, 7) is 6.39. The predicted octanol–water partition coefficient (Wildman–Crippen LogP) is 2.55. The Labute approximate surface area is 97.2 Å². The summed E-state index contributed by atoms with van der Waals surface area (Å²) < 4.78 is 10.2. The van der Waals surface area contributed by atoms with E-state index in [0.29, 0.717) is 0 Å². The molecule has 4 heteroatoms. The van der Waals surface area contributed by atoms with Gasteiger partial charge in [-0.05, 0) is 39.7 Å². The molecule has 16 heavy (non-hydrogen) atoms. The number of methoxy groups -OCH3 is 1. The largest absolute Gasteiger partial charge is 0.505 e. The van der Waals surface area contributed by atoms with Crippen molar-refractivity contribution in [3.8, 4) is 0 Å². The molecule has 0 aromatic carbocycles. The van der Waals surface area contributed by atoms with E-state index < -0.39 is 5.60 Å². The van der Waals surface area contributed by atoms with Crippen molar-refractivity contribution in [3.63, 3.8) is 0 Å². The number of likely N-dealkylation sites (tertiary alicyclic amines) is 1. The highest BCUT2D eigenvalue weighted by Crippen LogP contribution is 2.21. The van der Waals surface area contributed by atoms with Crippen LogP contribution in [0.3, 0.4) is 0 Å². The van der Waals surface area contributed by atoms with E-state index in [1.54, 1.807) is 18.3 Å². The monoisotopic (exact) mass is 227 g/mol. The Morgan fingerprint density at radius 2 is 2.12 bits per heavy atom. The predicted molar refractivity (Wildman–Crippen MR) is 62.1 cm³/mol. The van der Waals surface area contributed by atoms with Crippen molar-refractivity contribution in [1.29, 1.82) is 0 Å². The van der Waals surface area contributed by atoms with Crippen molar-refractivity contribution in [2.24, 2.45) is 0 Å². The van der Waals surface area contributed by atoms with Gasteiger partial charge in [-0.1, -0.05) is 0 Å². The van der Waals surface area contributed by atoms with E-state index in [-0.39, 0.29) is 12.1 Å². The Morgan fingerprint density at radius 3 is 2.69 bits per heavy atom. The van der Waals surface area contributed by atoms with Crippen molar-refractivity contribution >= 4 is 6.09 Å². The molecule has 1 rings (SSSR count). The van der Waals surface area contributed by atoms with Gasteiger partial charge in [0.1, 0.15) is 5.60 Å². The first-order valence-electron chi connectivity index (χ1n) is 5.63. The Hall–Kier alpha value is -1.19. The van der Waals surface area contributed by atoms with Crippen LogP contribution in [0.5, 0.6) is 0 Å². The third-order valence-electron chi connectivity index (χ3n) is 2.36. The summed E-state index contributed by atoms with van der Waals surface area (Å²) in [5.41, 5.74) is -0.435. The average Bonchev–Trinajstić information content (AvgIpc) is 2.59. The van der Waals surface area contributed by atoms with E-state index in [2.05, 4.69) is 0 Å². The Bertz CT molecular complexity index is 268. The molecule has 0 aromatic rings. The number of amides is 1. The summed E-state index contributed by atoms with van der Waals surface area (Å²) >= 11 is 0. The Balaban J connectivity index is 2.57. The molecule has 0 bridgehead atoms. The van der Waals surface area contributed by atoms with Crippen LogP contribution in [0.15, 0.2) is 12.3 Å². The van der Waals surface area contributed by atoms with Crippen LogP contribution >= 0.6 is 0 Å². The second-order valence-corrected chi connectivity index (χ2v) is 4.95. The minimum atomic E-state index is -0.435. The lowest BCUT2D eigenvalue weighted by molar-refractivity contribution is 0.0255. The topological polar surface area (TPSA) is 38.8 Å². The first-order chi connectivity index (χ1) is 7.44. The fourth-order valence-corrected chi connectivity index (χ4v) is 1.71. The number of nitrogens with zero attached hydrogens (tertiary/aromatic N) is 1. The van der Waals surface area contributed by atoms with Gasteiger partial charge in [0.2, 0.25) is 0 Å². The second kappa shape index (κ2) is 5.23. The molecule has 0 N–H and O–H groups in total. The van der Waals surface area contributed by atoms with Gasteiger partial charge in [-0.15, -0.1) is 0 Å². The lowest BCUT2D eigenvalue weighted by Crippen LogP contribution is -2.39. The minimum absolute atomic E-state index is 0.106. The number of hydrogen-bond acceptors (Lipinski definition) is 3. The van der Waals surface area contributed by atoms with Crippen LogP contribution in [0.4, 0.5) is 4.79 Å². The number of ether oxygens (including phenoxy) is 2. The number of carbonyl (C=O) groups excluding carboxylic acids is 1. The summed E-state index contributed by atoms with van der Waals surface area (Å²) in [4.78, 5) is 13.6. The van der Waals surface area contributed by atoms with Crippen molar-refractivity contribution in [3.05, 3.63) is 12.3 Å². The van der Waals surface area contributed by atoms with Gasteiger partial charge >= 0.3 is 6.09 Å². The molecule has 0 spiro atoms. The third kappa shape index (κ3) is 3.76. The van der Waals surface area contributed by atoms with Gasteiger partial charge < -0.3 is 14.4 Å². The highest BCUT2D eigenvalue weighted by Gasteiger charge is 2.30. The normalized spacial score (nSPS) is 21.5. The quantitative estimate of drug-likeness (QED) is 0.680. The highest BCUT2D eigenvalue weighted by atomic mass is 16.6. The summed E-state index contributed by atoms with van der Waals surface area (Å²) in [6.07, 6.45) is 5.26. The standard InChI is InChI=1S/C12H21NO3/c1-12(2,3)16-11(14)13-8-5-6-10(13)7-9-15-4/h7,9-10H,5-6,8H2,1-4H3/b9-7+. The van der Waals surface area contributed by atoms with Gasteiger partial charge in [0.15, 0.2) is 0 Å². The van der Waals surface area contributed by atoms with E-state index in [1.165, 1.54) is 0 Å². The summed E-state index contributed by atoms with van der Waals surface area (Å²) in [5.74, 6) is 0. The van der Waals surface area contributed by atoms with E-state index >= 15 is 0 Å². The van der Waals surface area contributed by atoms with Crippen molar-refractivity contribution in [2.75, 3.05) is 13.7 Å². The molecule has 0 aliphatic carbocycles. The van der Waals surface area contributed by atoms with Crippen molar-refractivity contribution < 1.29 is 14.3 Å². The molecule has 1 saturated heterocycles. The van der Waals surface area contributed by atoms with Gasteiger partial charge in [0, 0.05) is 6.54 Å². The van der Waals surface area contributed by atoms with Crippen LogP contribution in [-0.2, 0) is 9.47 Å². The zero-order valence-corrected chi connectivity index (χ0v) is 10.5. The molecular formula is C12H21NO3. The van der Waals surface area contributed by atoms with Crippen molar-refractivity contribution in [2.45, 2.75) is 45.3 Å². The van der Waals surface area contributed by atoms with E-state index in [4.69, 9.17) is 9.47 Å². The van der Waals surface area contributed by atoms with E-state index in [0.717, 1.165) is 19.4 Å². The first kappa shape index (κ1) is 12.9. The lowest BCUT2D eigenvalue weighted by atomic mass is 10.2. The molecule has 1 fully saturated rings. The molecule has 1 aliphatic rings. The number of rotatable bonds is 2. The molecule has 0 saturated carbocycles. The fraction of sp³-hybridized carbons (Fsp3) is 0.750. The molecule has 0 radical (unpaired) electrons. The number of hydrogen-bond donors (Lipinski definition) is 0. The molecule has 1 atom stereocenters. The van der Waals surface area contributed by atoms with E-state index in [1.807, 2.05) is 26.8 Å². The number of carbonyl (C=O) groups is 1.